The molecule has 4 heteroatoms. The number of unbranched alkanes of at least 4 members (excludes halogenated alkanes) is 1. The lowest BCUT2D eigenvalue weighted by molar-refractivity contribution is -0.112. The van der Waals surface area contributed by atoms with E-state index in [0.717, 1.165) is 57.8 Å². The molecule has 0 aromatic carbocycles. The van der Waals surface area contributed by atoms with Gasteiger partial charge < -0.3 is 15.4 Å². The van der Waals surface area contributed by atoms with Crippen molar-refractivity contribution in [1.82, 2.24) is 0 Å². The van der Waals surface area contributed by atoms with Crippen LogP contribution in [0.4, 0.5) is 0 Å². The summed E-state index contributed by atoms with van der Waals surface area (Å²) in [7, 11) is 0. The number of aliphatic hydroxyl groups is 2. The van der Waals surface area contributed by atoms with E-state index in [2.05, 4.69) is 32.0 Å². The largest absolute Gasteiger partial charge is 0.411 e. The number of oxime groups is 1. The molecule has 4 nitrogen and oxygen atoms in total. The quantitative estimate of drug-likeness (QED) is 0.381. The van der Waals surface area contributed by atoms with Crippen molar-refractivity contribution in [2.75, 3.05) is 0 Å². The summed E-state index contributed by atoms with van der Waals surface area (Å²) in [5.74, 6) is 1.54. The third-order valence-corrected chi connectivity index (χ3v) is 9.32. The molecule has 0 aromatic rings. The lowest BCUT2D eigenvalue weighted by Crippen LogP contribution is -2.55. The molecule has 0 unspecified atom stereocenters. The van der Waals surface area contributed by atoms with Gasteiger partial charge in [0.2, 0.25) is 0 Å². The Morgan fingerprint density at radius 1 is 1.15 bits per heavy atom. The van der Waals surface area contributed by atoms with Gasteiger partial charge in [0, 0.05) is 5.41 Å². The van der Waals surface area contributed by atoms with Crippen LogP contribution in [0.25, 0.3) is 0 Å². The Kier molecular flexibility index (Phi) is 4.74. The highest BCUT2D eigenvalue weighted by Gasteiger charge is 2.66. The standard InChI is InChI=1S/C23H37NO3/c1-4-5-10-23(26)20(24-27)14-19-17-7-6-15-13-16(25)8-11-21(15,2)18(17)9-12-22(19,23)3/h6,16-19,25-27H,4-5,7-14H2,1-3H3/b24-20+/t16-,17+,18-,19-,21-,22-,23-/m0/s1. The fraction of sp³-hybridized carbons (Fsp3) is 0.870. The maximum absolute atomic E-state index is 11.7. The predicted octanol–water partition coefficient (Wildman–Crippen LogP) is 4.67. The summed E-state index contributed by atoms with van der Waals surface area (Å²) < 4.78 is 0. The van der Waals surface area contributed by atoms with E-state index in [1.54, 1.807) is 0 Å². The zero-order chi connectivity index (χ0) is 19.4. The first-order valence-corrected chi connectivity index (χ1v) is 11.1. The molecule has 0 bridgehead atoms. The molecule has 27 heavy (non-hydrogen) atoms. The minimum Gasteiger partial charge on any atom is -0.411 e. The summed E-state index contributed by atoms with van der Waals surface area (Å²) in [6.45, 7) is 6.83. The summed E-state index contributed by atoms with van der Waals surface area (Å²) >= 11 is 0. The Hall–Kier alpha value is -0.870. The van der Waals surface area contributed by atoms with Gasteiger partial charge in [-0.05, 0) is 74.5 Å². The predicted molar refractivity (Wildman–Crippen MR) is 107 cm³/mol. The van der Waals surface area contributed by atoms with Gasteiger partial charge in [-0.1, -0.05) is 50.4 Å². The Morgan fingerprint density at radius 3 is 2.63 bits per heavy atom. The van der Waals surface area contributed by atoms with E-state index in [1.165, 1.54) is 5.57 Å². The number of hydrogen-bond donors (Lipinski definition) is 3. The van der Waals surface area contributed by atoms with Gasteiger partial charge in [-0.2, -0.15) is 0 Å². The lowest BCUT2D eigenvalue weighted by Gasteiger charge is -2.58. The van der Waals surface area contributed by atoms with Crippen LogP contribution in [-0.4, -0.2) is 32.8 Å². The second-order valence-corrected chi connectivity index (χ2v) is 10.3. The van der Waals surface area contributed by atoms with Crippen LogP contribution < -0.4 is 0 Å². The highest BCUT2D eigenvalue weighted by atomic mass is 16.4. The number of nitrogens with zero attached hydrogens (tertiary/aromatic N) is 1. The van der Waals surface area contributed by atoms with Gasteiger partial charge in [0.25, 0.3) is 0 Å². The molecule has 0 spiro atoms. The van der Waals surface area contributed by atoms with E-state index >= 15 is 0 Å². The molecule has 3 fully saturated rings. The molecule has 0 saturated heterocycles. The lowest BCUT2D eigenvalue weighted by atomic mass is 9.46. The van der Waals surface area contributed by atoms with Crippen LogP contribution in [0.2, 0.25) is 0 Å². The molecule has 152 valence electrons. The maximum Gasteiger partial charge on any atom is 0.112 e. The third-order valence-electron chi connectivity index (χ3n) is 9.32. The molecule has 7 atom stereocenters. The van der Waals surface area contributed by atoms with Crippen molar-refractivity contribution in [2.45, 2.75) is 96.7 Å². The van der Waals surface area contributed by atoms with Gasteiger partial charge in [0.15, 0.2) is 0 Å². The Balaban J connectivity index is 1.69. The molecule has 4 aliphatic carbocycles. The first kappa shape index (κ1) is 19.4. The molecule has 3 N–H and O–H groups in total. The normalized spacial score (nSPS) is 50.7. The monoisotopic (exact) mass is 375 g/mol. The minimum atomic E-state index is -0.957. The van der Waals surface area contributed by atoms with Crippen LogP contribution >= 0.6 is 0 Å². The molecule has 0 radical (unpaired) electrons. The summed E-state index contributed by atoms with van der Waals surface area (Å²) in [6.07, 6.45) is 11.7. The zero-order valence-electron chi connectivity index (χ0n) is 17.2. The number of allylic oxidation sites excluding steroid dienone is 1. The van der Waals surface area contributed by atoms with Crippen molar-refractivity contribution in [2.24, 2.45) is 33.7 Å². The Labute approximate surface area is 163 Å². The van der Waals surface area contributed by atoms with Gasteiger partial charge in [-0.15, -0.1) is 0 Å². The fourth-order valence-electron chi connectivity index (χ4n) is 7.54. The van der Waals surface area contributed by atoms with Crippen molar-refractivity contribution in [3.63, 3.8) is 0 Å². The average Bonchev–Trinajstić information content (AvgIpc) is 2.88. The molecule has 4 rings (SSSR count). The summed E-state index contributed by atoms with van der Waals surface area (Å²) in [4.78, 5) is 0. The van der Waals surface area contributed by atoms with Crippen molar-refractivity contribution in [3.8, 4) is 0 Å². The smallest absolute Gasteiger partial charge is 0.112 e. The van der Waals surface area contributed by atoms with Gasteiger partial charge in [0.05, 0.1) is 11.8 Å². The van der Waals surface area contributed by atoms with Crippen molar-refractivity contribution >= 4 is 5.71 Å². The second kappa shape index (κ2) is 6.59. The van der Waals surface area contributed by atoms with Gasteiger partial charge in [0.1, 0.15) is 5.60 Å². The third kappa shape index (κ3) is 2.58. The average molecular weight is 376 g/mol. The number of rotatable bonds is 3. The number of hydrogen-bond acceptors (Lipinski definition) is 4. The van der Waals surface area contributed by atoms with Crippen LogP contribution in [0, 0.1) is 28.6 Å². The summed E-state index contributed by atoms with van der Waals surface area (Å²) in [5, 5.41) is 35.2. The first-order chi connectivity index (χ1) is 12.8. The van der Waals surface area contributed by atoms with Gasteiger partial charge in [-0.3, -0.25) is 0 Å². The topological polar surface area (TPSA) is 73.1 Å². The SMILES string of the molecule is CCCC[C@]1(O)/C(=N/O)C[C@H]2[C@@H]3CC=C4C[C@@H](O)CC[C@]4(C)[C@H]3CC[C@@]21C. The molecular formula is C23H37NO3. The molecule has 0 aliphatic heterocycles. The van der Waals surface area contributed by atoms with Crippen LogP contribution in [-0.2, 0) is 0 Å². The number of fused-ring (bicyclic) bond motifs is 5. The zero-order valence-corrected chi connectivity index (χ0v) is 17.2. The maximum atomic E-state index is 11.7. The van der Waals surface area contributed by atoms with E-state index in [4.69, 9.17) is 0 Å². The van der Waals surface area contributed by atoms with Crippen LogP contribution in [0.3, 0.4) is 0 Å². The minimum absolute atomic E-state index is 0.173. The Morgan fingerprint density at radius 2 is 1.93 bits per heavy atom. The first-order valence-electron chi connectivity index (χ1n) is 11.1. The number of aliphatic hydroxyl groups excluding tert-OH is 1. The molecule has 3 saturated carbocycles. The van der Waals surface area contributed by atoms with E-state index in [1.807, 2.05) is 0 Å². The van der Waals surface area contributed by atoms with Gasteiger partial charge >= 0.3 is 0 Å². The summed E-state index contributed by atoms with van der Waals surface area (Å²) in [6, 6.07) is 0. The van der Waals surface area contributed by atoms with E-state index in [9.17, 15) is 15.4 Å². The van der Waals surface area contributed by atoms with E-state index in [0.29, 0.717) is 29.9 Å². The fourth-order valence-corrected chi connectivity index (χ4v) is 7.54. The molecule has 0 heterocycles. The molecule has 0 amide bonds. The van der Waals surface area contributed by atoms with Crippen molar-refractivity contribution < 1.29 is 15.4 Å². The molecule has 0 aromatic heterocycles. The van der Waals surface area contributed by atoms with Gasteiger partial charge in [-0.25, -0.2) is 0 Å². The van der Waals surface area contributed by atoms with Crippen molar-refractivity contribution in [3.05, 3.63) is 11.6 Å². The van der Waals surface area contributed by atoms with Crippen LogP contribution in [0.1, 0.15) is 85.0 Å². The molecular weight excluding hydrogens is 338 g/mol. The van der Waals surface area contributed by atoms with Crippen molar-refractivity contribution in [1.29, 1.82) is 0 Å². The second-order valence-electron chi connectivity index (χ2n) is 10.3. The van der Waals surface area contributed by atoms with E-state index in [-0.39, 0.29) is 16.9 Å². The highest BCUT2D eigenvalue weighted by molar-refractivity contribution is 5.95. The summed E-state index contributed by atoms with van der Waals surface area (Å²) in [5.41, 5.74) is 1.15. The molecule has 4 aliphatic rings. The Bertz CT molecular complexity index is 658. The highest BCUT2D eigenvalue weighted by Crippen LogP contribution is 2.67. The van der Waals surface area contributed by atoms with Crippen LogP contribution in [0.5, 0.6) is 0 Å². The van der Waals surface area contributed by atoms with E-state index < -0.39 is 5.60 Å². The van der Waals surface area contributed by atoms with Crippen LogP contribution in [0.15, 0.2) is 16.8 Å².